The van der Waals surface area contributed by atoms with Gasteiger partial charge in [0.25, 0.3) is 0 Å². The van der Waals surface area contributed by atoms with Crippen molar-refractivity contribution < 1.29 is 23.9 Å². The number of piperidine rings is 1. The maximum Gasteiger partial charge on any atom is 0.415 e. The minimum Gasteiger partial charge on any atom is -0.497 e. The van der Waals surface area contributed by atoms with E-state index in [-0.39, 0.29) is 17.8 Å². The average Bonchev–Trinajstić information content (AvgIpc) is 3.59. The molecule has 3 fully saturated rings. The zero-order valence-corrected chi connectivity index (χ0v) is 19.7. The second-order valence-corrected chi connectivity index (χ2v) is 9.34. The molecular weight excluding hydrogens is 448 g/mol. The van der Waals surface area contributed by atoms with Crippen LogP contribution >= 0.6 is 0 Å². The first-order valence-electron chi connectivity index (χ1n) is 11.9. The number of para-hydroxylation sites is 1. The van der Waals surface area contributed by atoms with Gasteiger partial charge in [-0.05, 0) is 37.1 Å². The Hall–Kier alpha value is -3.68. The molecule has 1 saturated carbocycles. The number of carbonyl (C=O) groups excluding carboxylic acids is 3. The summed E-state index contributed by atoms with van der Waals surface area (Å²) in [5, 5.41) is 6.21. The summed E-state index contributed by atoms with van der Waals surface area (Å²) in [5.74, 6) is 0.872. The van der Waals surface area contributed by atoms with Gasteiger partial charge in [-0.1, -0.05) is 18.2 Å². The molecule has 3 aromatic rings. The Morgan fingerprint density at radius 3 is 2.49 bits per heavy atom. The molecule has 1 aliphatic carbocycles. The maximum absolute atomic E-state index is 12.6. The molecule has 3 heterocycles. The molecule has 1 amide bonds. The van der Waals surface area contributed by atoms with Crippen LogP contribution in [0.3, 0.4) is 0 Å². The number of benzene rings is 2. The van der Waals surface area contributed by atoms with E-state index < -0.39 is 0 Å². The monoisotopic (exact) mass is 476 g/mol. The molecule has 35 heavy (non-hydrogen) atoms. The predicted octanol–water partition coefficient (Wildman–Crippen LogP) is 3.79. The fourth-order valence-corrected chi connectivity index (χ4v) is 5.04. The number of methoxy groups -OCH3 is 1. The second kappa shape index (κ2) is 9.52. The summed E-state index contributed by atoms with van der Waals surface area (Å²) in [5.41, 5.74) is 2.81. The molecular formula is C26H28N4O5. The van der Waals surface area contributed by atoms with Crippen molar-refractivity contribution in [2.24, 2.45) is 0 Å². The van der Waals surface area contributed by atoms with Gasteiger partial charge in [-0.25, -0.2) is 4.79 Å². The number of anilines is 1. The molecule has 0 radical (unpaired) electrons. The van der Waals surface area contributed by atoms with Gasteiger partial charge in [-0.3, -0.25) is 14.5 Å². The van der Waals surface area contributed by atoms with Gasteiger partial charge in [0.05, 0.1) is 30.9 Å². The SMILES string of the molecule is COc1ccc2c(CN3CCC4(CC3)CN(c3ccccc3)C(=O)O4)nn(C3CC3)c2c1.O=C=O. The summed E-state index contributed by atoms with van der Waals surface area (Å²) >= 11 is 0. The van der Waals surface area contributed by atoms with Crippen LogP contribution in [0.25, 0.3) is 10.9 Å². The molecule has 0 bridgehead atoms. The summed E-state index contributed by atoms with van der Waals surface area (Å²) in [6.45, 7) is 3.23. The first kappa shape index (κ1) is 23.1. The molecule has 2 saturated heterocycles. The van der Waals surface area contributed by atoms with Gasteiger partial charge in [-0.2, -0.15) is 14.7 Å². The maximum atomic E-state index is 12.6. The molecule has 3 aliphatic rings. The molecule has 1 spiro atoms. The lowest BCUT2D eigenvalue weighted by Crippen LogP contribution is -2.46. The molecule has 0 N–H and O–H groups in total. The summed E-state index contributed by atoms with van der Waals surface area (Å²) in [4.78, 5) is 33.0. The highest BCUT2D eigenvalue weighted by molar-refractivity contribution is 5.90. The zero-order valence-electron chi connectivity index (χ0n) is 19.7. The van der Waals surface area contributed by atoms with Crippen LogP contribution in [0.4, 0.5) is 10.5 Å². The number of nitrogens with zero attached hydrogens (tertiary/aromatic N) is 4. The van der Waals surface area contributed by atoms with Crippen LogP contribution in [0, 0.1) is 0 Å². The van der Waals surface area contributed by atoms with E-state index in [0.717, 1.165) is 49.6 Å². The first-order valence-corrected chi connectivity index (χ1v) is 11.9. The third kappa shape index (κ3) is 4.65. The Bertz CT molecular complexity index is 1240. The fourth-order valence-electron chi connectivity index (χ4n) is 5.04. The minimum atomic E-state index is -0.383. The number of likely N-dealkylation sites (tertiary alicyclic amines) is 1. The van der Waals surface area contributed by atoms with E-state index in [9.17, 15) is 4.79 Å². The lowest BCUT2D eigenvalue weighted by atomic mass is 9.91. The number of aromatic nitrogens is 2. The lowest BCUT2D eigenvalue weighted by Gasteiger charge is -2.37. The smallest absolute Gasteiger partial charge is 0.415 e. The third-order valence-corrected chi connectivity index (χ3v) is 7.06. The van der Waals surface area contributed by atoms with Crippen molar-refractivity contribution in [1.82, 2.24) is 14.7 Å². The minimum absolute atomic E-state index is 0.229. The summed E-state index contributed by atoms with van der Waals surface area (Å²) < 4.78 is 13.6. The Kier molecular flexibility index (Phi) is 6.28. The Balaban J connectivity index is 0.000000806. The average molecular weight is 477 g/mol. The van der Waals surface area contributed by atoms with E-state index in [4.69, 9.17) is 24.2 Å². The van der Waals surface area contributed by atoms with Gasteiger partial charge < -0.3 is 9.47 Å². The van der Waals surface area contributed by atoms with E-state index in [2.05, 4.69) is 21.7 Å². The number of rotatable bonds is 5. The summed E-state index contributed by atoms with van der Waals surface area (Å²) in [6.07, 6.45) is 4.10. The van der Waals surface area contributed by atoms with E-state index in [0.29, 0.717) is 12.6 Å². The predicted molar refractivity (Wildman–Crippen MR) is 127 cm³/mol. The van der Waals surface area contributed by atoms with Crippen molar-refractivity contribution in [1.29, 1.82) is 0 Å². The number of carbonyl (C=O) groups is 1. The molecule has 1 aromatic heterocycles. The largest absolute Gasteiger partial charge is 0.497 e. The van der Waals surface area contributed by atoms with Crippen LogP contribution in [0.2, 0.25) is 0 Å². The zero-order chi connectivity index (χ0) is 24.4. The topological polar surface area (TPSA) is 94.0 Å². The summed E-state index contributed by atoms with van der Waals surface area (Å²) in [7, 11) is 1.71. The van der Waals surface area contributed by atoms with Crippen molar-refractivity contribution in [3.8, 4) is 5.75 Å². The highest BCUT2D eigenvalue weighted by Crippen LogP contribution is 2.39. The number of ether oxygens (including phenoxy) is 2. The molecule has 0 unspecified atom stereocenters. The molecule has 2 aromatic carbocycles. The van der Waals surface area contributed by atoms with Crippen molar-refractivity contribution in [3.05, 3.63) is 54.2 Å². The van der Waals surface area contributed by atoms with Gasteiger partial charge in [0, 0.05) is 49.6 Å². The van der Waals surface area contributed by atoms with E-state index in [1.54, 1.807) is 12.0 Å². The van der Waals surface area contributed by atoms with E-state index in [1.807, 2.05) is 36.4 Å². The van der Waals surface area contributed by atoms with Crippen molar-refractivity contribution in [2.45, 2.75) is 43.9 Å². The Labute approximate surface area is 203 Å². The van der Waals surface area contributed by atoms with Crippen LogP contribution in [0.5, 0.6) is 5.75 Å². The van der Waals surface area contributed by atoms with Crippen molar-refractivity contribution in [2.75, 3.05) is 31.6 Å². The van der Waals surface area contributed by atoms with E-state index >= 15 is 0 Å². The molecule has 6 rings (SSSR count). The van der Waals surface area contributed by atoms with Crippen LogP contribution in [-0.2, 0) is 20.9 Å². The van der Waals surface area contributed by atoms with Gasteiger partial charge in [0.1, 0.15) is 11.4 Å². The molecule has 2 aliphatic heterocycles. The number of amides is 1. The van der Waals surface area contributed by atoms with Gasteiger partial charge >= 0.3 is 12.2 Å². The van der Waals surface area contributed by atoms with Crippen molar-refractivity contribution in [3.63, 3.8) is 0 Å². The van der Waals surface area contributed by atoms with Crippen molar-refractivity contribution >= 4 is 28.8 Å². The molecule has 9 heteroatoms. The van der Waals surface area contributed by atoms with Crippen LogP contribution in [0.1, 0.15) is 37.4 Å². The lowest BCUT2D eigenvalue weighted by molar-refractivity contribution is -0.191. The van der Waals surface area contributed by atoms with Crippen LogP contribution in [-0.4, -0.2) is 59.3 Å². The summed E-state index contributed by atoms with van der Waals surface area (Å²) in [6, 6.07) is 16.6. The van der Waals surface area contributed by atoms with Gasteiger partial charge in [-0.15, -0.1) is 0 Å². The standard InChI is InChI=1S/C25H28N4O3.CO2/c1-31-20-9-10-21-22(26-29(19-7-8-19)23(21)15-20)16-27-13-11-25(12-14-27)17-28(24(30)32-25)18-5-3-2-4-6-18;2-1-3/h2-6,9-10,15,19H,7-8,11-14,16-17H2,1H3;. The third-order valence-electron chi connectivity index (χ3n) is 7.06. The number of fused-ring (bicyclic) bond motifs is 1. The quantitative estimate of drug-likeness (QED) is 0.553. The molecule has 0 atom stereocenters. The fraction of sp³-hybridized carbons (Fsp3) is 0.423. The number of hydrogen-bond donors (Lipinski definition) is 0. The highest BCUT2D eigenvalue weighted by atomic mass is 16.6. The first-order chi connectivity index (χ1) is 17.1. The van der Waals surface area contributed by atoms with Gasteiger partial charge in [0.15, 0.2) is 0 Å². The normalized spacial score (nSPS) is 19.2. The number of hydrogen-bond acceptors (Lipinski definition) is 7. The second-order valence-electron chi connectivity index (χ2n) is 9.34. The van der Waals surface area contributed by atoms with Crippen LogP contribution < -0.4 is 9.64 Å². The highest BCUT2D eigenvalue weighted by Gasteiger charge is 2.47. The Morgan fingerprint density at radius 2 is 1.83 bits per heavy atom. The van der Waals surface area contributed by atoms with E-state index in [1.165, 1.54) is 23.7 Å². The Morgan fingerprint density at radius 1 is 1.11 bits per heavy atom. The van der Waals surface area contributed by atoms with Gasteiger partial charge in [0.2, 0.25) is 0 Å². The molecule has 182 valence electrons. The van der Waals surface area contributed by atoms with Crippen LogP contribution in [0.15, 0.2) is 48.5 Å². The molecule has 9 nitrogen and oxygen atoms in total.